The van der Waals surface area contributed by atoms with Crippen LogP contribution in [0.15, 0.2) is 48.5 Å². The first-order valence-corrected chi connectivity index (χ1v) is 11.8. The summed E-state index contributed by atoms with van der Waals surface area (Å²) < 4.78 is 25.6. The molecule has 1 amide bonds. The van der Waals surface area contributed by atoms with Crippen molar-refractivity contribution in [1.29, 1.82) is 0 Å². The average molecular weight is 417 g/mol. The molecule has 0 aliphatic heterocycles. The second-order valence-electron chi connectivity index (χ2n) is 6.82. The summed E-state index contributed by atoms with van der Waals surface area (Å²) in [6.07, 6.45) is 4.53. The van der Waals surface area contributed by atoms with Crippen molar-refractivity contribution in [3.8, 4) is 0 Å². The summed E-state index contributed by atoms with van der Waals surface area (Å²) in [5.41, 5.74) is 2.60. The Morgan fingerprint density at radius 2 is 1.82 bits per heavy atom. The van der Waals surface area contributed by atoms with Crippen molar-refractivity contribution in [3.05, 3.63) is 59.0 Å². The van der Waals surface area contributed by atoms with Gasteiger partial charge in [0.25, 0.3) is 5.91 Å². The quantitative estimate of drug-likeness (QED) is 0.596. The molecule has 0 saturated carbocycles. The monoisotopic (exact) mass is 416 g/mol. The van der Waals surface area contributed by atoms with Gasteiger partial charge in [0.2, 0.25) is 10.0 Å². The molecular weight excluding hydrogens is 392 g/mol. The maximum Gasteiger partial charge on any atom is 0.265 e. The summed E-state index contributed by atoms with van der Waals surface area (Å²) in [4.78, 5) is 13.2. The summed E-state index contributed by atoms with van der Waals surface area (Å²) >= 11 is 1.39. The molecule has 1 aromatic heterocycles. The molecule has 28 heavy (non-hydrogen) atoms. The number of carbonyl (C=O) groups excluding carboxylic acids is 1. The van der Waals surface area contributed by atoms with Gasteiger partial charge in [-0.1, -0.05) is 25.5 Å². The van der Waals surface area contributed by atoms with Crippen LogP contribution in [-0.2, 0) is 16.4 Å². The molecule has 3 aromatic rings. The van der Waals surface area contributed by atoms with Gasteiger partial charge < -0.3 is 5.32 Å². The van der Waals surface area contributed by atoms with E-state index in [1.54, 1.807) is 18.2 Å². The Hall–Kier alpha value is -2.38. The summed E-state index contributed by atoms with van der Waals surface area (Å²) in [6, 6.07) is 15.1. The number of anilines is 2. The number of carbonyl (C=O) groups is 1. The number of benzene rings is 2. The van der Waals surface area contributed by atoms with E-state index < -0.39 is 10.0 Å². The van der Waals surface area contributed by atoms with E-state index in [2.05, 4.69) is 12.2 Å². The number of amides is 1. The second kappa shape index (κ2) is 8.32. The molecule has 0 bridgehead atoms. The Morgan fingerprint density at radius 3 is 2.46 bits per heavy atom. The van der Waals surface area contributed by atoms with E-state index in [1.165, 1.54) is 28.3 Å². The fourth-order valence-electron chi connectivity index (χ4n) is 2.86. The fraction of sp³-hybridized carbons (Fsp3) is 0.286. The number of hydrogen-bond donors (Lipinski definition) is 1. The first-order valence-electron chi connectivity index (χ1n) is 9.15. The van der Waals surface area contributed by atoms with Crippen LogP contribution < -0.4 is 9.62 Å². The Kier molecular flexibility index (Phi) is 6.05. The molecule has 5 nitrogen and oxygen atoms in total. The molecule has 148 valence electrons. The van der Waals surface area contributed by atoms with E-state index in [4.69, 9.17) is 0 Å². The first-order chi connectivity index (χ1) is 13.3. The minimum absolute atomic E-state index is 0.166. The number of thiophene rings is 1. The number of aryl methyl sites for hydroxylation is 1. The summed E-state index contributed by atoms with van der Waals surface area (Å²) in [5.74, 6) is -0.166. The molecule has 0 saturated heterocycles. The van der Waals surface area contributed by atoms with Crippen LogP contribution >= 0.6 is 11.3 Å². The van der Waals surface area contributed by atoms with E-state index in [9.17, 15) is 13.2 Å². The van der Waals surface area contributed by atoms with Crippen molar-refractivity contribution in [2.75, 3.05) is 22.9 Å². The van der Waals surface area contributed by atoms with Crippen molar-refractivity contribution >= 4 is 48.7 Å². The number of fused-ring (bicyclic) bond motifs is 1. The first kappa shape index (κ1) is 20.4. The molecule has 7 heteroatoms. The Morgan fingerprint density at radius 1 is 1.11 bits per heavy atom. The van der Waals surface area contributed by atoms with E-state index in [0.717, 1.165) is 41.3 Å². The Bertz CT molecular complexity index is 1090. The van der Waals surface area contributed by atoms with Gasteiger partial charge in [0, 0.05) is 17.4 Å². The SMILES string of the molecule is CCCCc1ccc(NC(=O)c2cc3cc(N(C)S(C)(=O)=O)ccc3s2)cc1. The maximum absolute atomic E-state index is 12.6. The van der Waals surface area contributed by atoms with Gasteiger partial charge in [-0.25, -0.2) is 8.42 Å². The summed E-state index contributed by atoms with van der Waals surface area (Å²) in [5, 5.41) is 3.77. The average Bonchev–Trinajstić information content (AvgIpc) is 3.09. The lowest BCUT2D eigenvalue weighted by molar-refractivity contribution is 0.103. The summed E-state index contributed by atoms with van der Waals surface area (Å²) in [6.45, 7) is 2.17. The highest BCUT2D eigenvalue weighted by Gasteiger charge is 2.15. The topological polar surface area (TPSA) is 66.5 Å². The minimum atomic E-state index is -3.33. The van der Waals surface area contributed by atoms with Gasteiger partial charge in [-0.2, -0.15) is 0 Å². The molecule has 0 aliphatic carbocycles. The third-order valence-electron chi connectivity index (χ3n) is 4.62. The van der Waals surface area contributed by atoms with Crippen LogP contribution in [0.1, 0.15) is 35.0 Å². The molecule has 1 heterocycles. The largest absolute Gasteiger partial charge is 0.321 e. The van der Waals surface area contributed by atoms with Gasteiger partial charge >= 0.3 is 0 Å². The lowest BCUT2D eigenvalue weighted by atomic mass is 10.1. The molecule has 3 rings (SSSR count). The molecule has 1 N–H and O–H groups in total. The Labute approximate surface area is 170 Å². The van der Waals surface area contributed by atoms with Crippen LogP contribution in [0.25, 0.3) is 10.1 Å². The van der Waals surface area contributed by atoms with E-state index in [0.29, 0.717) is 10.6 Å². The van der Waals surface area contributed by atoms with Crippen LogP contribution in [0.4, 0.5) is 11.4 Å². The number of hydrogen-bond acceptors (Lipinski definition) is 4. The van der Waals surface area contributed by atoms with Crippen LogP contribution in [-0.4, -0.2) is 27.6 Å². The number of rotatable bonds is 7. The summed E-state index contributed by atoms with van der Waals surface area (Å²) in [7, 11) is -1.81. The number of unbranched alkanes of at least 4 members (excludes halogenated alkanes) is 1. The molecule has 0 spiro atoms. The third kappa shape index (κ3) is 4.72. The van der Waals surface area contributed by atoms with Crippen molar-refractivity contribution in [2.24, 2.45) is 0 Å². The van der Waals surface area contributed by atoms with Crippen LogP contribution in [0.5, 0.6) is 0 Å². The zero-order valence-corrected chi connectivity index (χ0v) is 17.9. The van der Waals surface area contributed by atoms with Crippen molar-refractivity contribution in [3.63, 3.8) is 0 Å². The van der Waals surface area contributed by atoms with Gasteiger partial charge in [0.15, 0.2) is 0 Å². The van der Waals surface area contributed by atoms with Crippen molar-refractivity contribution in [1.82, 2.24) is 0 Å². The van der Waals surface area contributed by atoms with Gasteiger partial charge in [-0.05, 0) is 60.2 Å². The van der Waals surface area contributed by atoms with Crippen LogP contribution in [0.2, 0.25) is 0 Å². The fourth-order valence-corrected chi connectivity index (χ4v) is 4.29. The lowest BCUT2D eigenvalue weighted by Gasteiger charge is -2.16. The second-order valence-corrected chi connectivity index (χ2v) is 9.92. The van der Waals surface area contributed by atoms with Gasteiger partial charge in [0.05, 0.1) is 16.8 Å². The predicted molar refractivity (Wildman–Crippen MR) is 118 cm³/mol. The highest BCUT2D eigenvalue weighted by atomic mass is 32.2. The minimum Gasteiger partial charge on any atom is -0.321 e. The number of nitrogens with zero attached hydrogens (tertiary/aromatic N) is 1. The van der Waals surface area contributed by atoms with E-state index in [-0.39, 0.29) is 5.91 Å². The molecule has 0 aliphatic rings. The molecular formula is C21H24N2O3S2. The molecule has 0 atom stereocenters. The normalized spacial score (nSPS) is 11.5. The van der Waals surface area contributed by atoms with Crippen LogP contribution in [0.3, 0.4) is 0 Å². The van der Waals surface area contributed by atoms with E-state index in [1.807, 2.05) is 30.3 Å². The lowest BCUT2D eigenvalue weighted by Crippen LogP contribution is -2.24. The van der Waals surface area contributed by atoms with Gasteiger partial charge in [-0.3, -0.25) is 9.10 Å². The standard InChI is InChI=1S/C21H24N2O3S2/c1-4-5-6-15-7-9-17(10-8-15)22-21(24)20-14-16-13-18(11-12-19(16)27-20)23(2)28(3,25)26/h7-14H,4-6H2,1-3H3,(H,22,24). The number of sulfonamides is 1. The van der Waals surface area contributed by atoms with Crippen molar-refractivity contribution in [2.45, 2.75) is 26.2 Å². The molecule has 0 unspecified atom stereocenters. The molecule has 0 radical (unpaired) electrons. The maximum atomic E-state index is 12.6. The van der Waals surface area contributed by atoms with Gasteiger partial charge in [0.1, 0.15) is 0 Å². The number of nitrogens with one attached hydrogen (secondary N) is 1. The molecule has 2 aromatic carbocycles. The smallest absolute Gasteiger partial charge is 0.265 e. The zero-order chi connectivity index (χ0) is 20.3. The molecule has 0 fully saturated rings. The van der Waals surface area contributed by atoms with Gasteiger partial charge in [-0.15, -0.1) is 11.3 Å². The highest BCUT2D eigenvalue weighted by Crippen LogP contribution is 2.30. The zero-order valence-electron chi connectivity index (χ0n) is 16.2. The van der Waals surface area contributed by atoms with Crippen molar-refractivity contribution < 1.29 is 13.2 Å². The van der Waals surface area contributed by atoms with E-state index >= 15 is 0 Å². The highest BCUT2D eigenvalue weighted by molar-refractivity contribution is 7.92. The van der Waals surface area contributed by atoms with Crippen LogP contribution in [0, 0.1) is 0 Å². The third-order valence-corrected chi connectivity index (χ3v) is 6.94. The Balaban J connectivity index is 1.76. The predicted octanol–water partition coefficient (Wildman–Crippen LogP) is 4.89.